The van der Waals surface area contributed by atoms with Crippen molar-refractivity contribution in [3.63, 3.8) is 0 Å². The van der Waals surface area contributed by atoms with Gasteiger partial charge in [-0.05, 0) is 48.1 Å². The summed E-state index contributed by atoms with van der Waals surface area (Å²) in [6, 6.07) is 20.4. The lowest BCUT2D eigenvalue weighted by Crippen LogP contribution is -2.16. The van der Waals surface area contributed by atoms with Crippen molar-refractivity contribution in [2.75, 3.05) is 11.1 Å². The standard InChI is InChI=1S/C25H26N4OS2/c1-17(2)21-8-4-5-9-22(21)26-24(30)16-32-25-28-27-23(15-20-7-6-14-31-20)29(25)19-12-10-18(3)11-13-19/h4-14,17H,15-16H2,1-3H3,(H,26,30). The number of carbonyl (C=O) groups is 1. The van der Waals surface area contributed by atoms with Crippen LogP contribution in [0.1, 0.15) is 41.6 Å². The quantitative estimate of drug-likeness (QED) is 0.322. The van der Waals surface area contributed by atoms with Gasteiger partial charge in [0.2, 0.25) is 5.91 Å². The zero-order chi connectivity index (χ0) is 22.5. The molecule has 32 heavy (non-hydrogen) atoms. The van der Waals surface area contributed by atoms with Crippen LogP contribution < -0.4 is 5.32 Å². The van der Waals surface area contributed by atoms with Crippen LogP contribution in [0, 0.1) is 6.92 Å². The van der Waals surface area contributed by atoms with Gasteiger partial charge in [-0.25, -0.2) is 0 Å². The first-order chi connectivity index (χ1) is 15.5. The van der Waals surface area contributed by atoms with E-state index in [1.807, 2.05) is 24.3 Å². The van der Waals surface area contributed by atoms with Gasteiger partial charge in [0.15, 0.2) is 5.16 Å². The number of nitrogens with one attached hydrogen (secondary N) is 1. The molecule has 0 radical (unpaired) electrons. The second-order valence-corrected chi connectivity index (χ2v) is 9.88. The van der Waals surface area contributed by atoms with Crippen molar-refractivity contribution in [2.45, 2.75) is 38.3 Å². The molecule has 5 nitrogen and oxygen atoms in total. The van der Waals surface area contributed by atoms with E-state index >= 15 is 0 Å². The minimum Gasteiger partial charge on any atom is -0.325 e. The van der Waals surface area contributed by atoms with Gasteiger partial charge in [0.05, 0.1) is 5.75 Å². The first-order valence-corrected chi connectivity index (χ1v) is 12.4. The van der Waals surface area contributed by atoms with E-state index in [0.717, 1.165) is 22.8 Å². The molecule has 7 heteroatoms. The van der Waals surface area contributed by atoms with Crippen LogP contribution in [0.2, 0.25) is 0 Å². The molecule has 2 aromatic heterocycles. The molecule has 4 rings (SSSR count). The predicted octanol–water partition coefficient (Wildman–Crippen LogP) is 6.08. The molecule has 1 amide bonds. The van der Waals surface area contributed by atoms with E-state index in [9.17, 15) is 4.79 Å². The van der Waals surface area contributed by atoms with Crippen molar-refractivity contribution >= 4 is 34.7 Å². The Morgan fingerprint density at radius 2 is 1.84 bits per heavy atom. The largest absolute Gasteiger partial charge is 0.325 e. The number of rotatable bonds is 8. The van der Waals surface area contributed by atoms with Crippen LogP contribution in [0.3, 0.4) is 0 Å². The smallest absolute Gasteiger partial charge is 0.234 e. The second kappa shape index (κ2) is 10.1. The molecule has 0 fully saturated rings. The average molecular weight is 463 g/mol. The first kappa shape index (κ1) is 22.3. The van der Waals surface area contributed by atoms with Crippen molar-refractivity contribution in [3.8, 4) is 5.69 Å². The van der Waals surface area contributed by atoms with E-state index in [0.29, 0.717) is 17.5 Å². The molecule has 0 saturated heterocycles. The Bertz CT molecular complexity index is 1180. The minimum atomic E-state index is -0.0543. The molecule has 164 valence electrons. The predicted molar refractivity (Wildman–Crippen MR) is 133 cm³/mol. The molecule has 0 saturated carbocycles. The average Bonchev–Trinajstić information content (AvgIpc) is 3.43. The van der Waals surface area contributed by atoms with Crippen LogP contribution >= 0.6 is 23.1 Å². The summed E-state index contributed by atoms with van der Waals surface area (Å²) in [4.78, 5) is 14.0. The van der Waals surface area contributed by atoms with E-state index in [4.69, 9.17) is 0 Å². The molecule has 2 aromatic carbocycles. The Balaban J connectivity index is 1.54. The Kier molecular flexibility index (Phi) is 7.07. The van der Waals surface area contributed by atoms with Gasteiger partial charge in [-0.2, -0.15) is 0 Å². The van der Waals surface area contributed by atoms with Crippen molar-refractivity contribution in [2.24, 2.45) is 0 Å². The monoisotopic (exact) mass is 462 g/mol. The Labute approximate surface area is 196 Å². The van der Waals surface area contributed by atoms with Crippen LogP contribution in [0.4, 0.5) is 5.69 Å². The van der Waals surface area contributed by atoms with E-state index in [2.05, 4.69) is 82.6 Å². The van der Waals surface area contributed by atoms with E-state index < -0.39 is 0 Å². The van der Waals surface area contributed by atoms with E-state index in [1.165, 1.54) is 22.2 Å². The summed E-state index contributed by atoms with van der Waals surface area (Å²) in [5.74, 6) is 1.41. The van der Waals surface area contributed by atoms with Crippen molar-refractivity contribution in [3.05, 3.63) is 87.9 Å². The number of amides is 1. The summed E-state index contributed by atoms with van der Waals surface area (Å²) in [5, 5.41) is 14.7. The lowest BCUT2D eigenvalue weighted by molar-refractivity contribution is -0.113. The van der Waals surface area contributed by atoms with Crippen LogP contribution in [0.25, 0.3) is 5.69 Å². The number of thioether (sulfide) groups is 1. The normalized spacial score (nSPS) is 11.1. The number of hydrogen-bond acceptors (Lipinski definition) is 5. The number of aromatic nitrogens is 3. The topological polar surface area (TPSA) is 59.8 Å². The molecule has 1 N–H and O–H groups in total. The molecule has 0 spiro atoms. The molecular weight excluding hydrogens is 436 g/mol. The first-order valence-electron chi connectivity index (χ1n) is 10.6. The number of hydrogen-bond donors (Lipinski definition) is 1. The molecule has 0 aliphatic heterocycles. The minimum absolute atomic E-state index is 0.0543. The molecule has 2 heterocycles. The molecular formula is C25H26N4OS2. The highest BCUT2D eigenvalue weighted by Crippen LogP contribution is 2.27. The number of thiophene rings is 1. The fourth-order valence-electron chi connectivity index (χ4n) is 3.46. The maximum absolute atomic E-state index is 12.7. The van der Waals surface area contributed by atoms with Gasteiger partial charge in [0.25, 0.3) is 0 Å². The summed E-state index contributed by atoms with van der Waals surface area (Å²) in [6.07, 6.45) is 0.701. The van der Waals surface area contributed by atoms with Crippen LogP contribution in [0.15, 0.2) is 71.2 Å². The third-order valence-corrected chi connectivity index (χ3v) is 6.90. The summed E-state index contributed by atoms with van der Waals surface area (Å²) in [5.41, 5.74) is 4.19. The summed E-state index contributed by atoms with van der Waals surface area (Å²) in [6.45, 7) is 6.31. The number of benzene rings is 2. The van der Waals surface area contributed by atoms with Gasteiger partial charge >= 0.3 is 0 Å². The Morgan fingerprint density at radius 3 is 2.56 bits per heavy atom. The van der Waals surface area contributed by atoms with Gasteiger partial charge in [-0.3, -0.25) is 9.36 Å². The second-order valence-electron chi connectivity index (χ2n) is 7.90. The molecule has 0 aliphatic rings. The highest BCUT2D eigenvalue weighted by Gasteiger charge is 2.17. The fraction of sp³-hybridized carbons (Fsp3) is 0.240. The zero-order valence-electron chi connectivity index (χ0n) is 18.4. The van der Waals surface area contributed by atoms with Gasteiger partial charge in [0.1, 0.15) is 5.82 Å². The number of carbonyl (C=O) groups excluding carboxylic acids is 1. The zero-order valence-corrected chi connectivity index (χ0v) is 20.0. The van der Waals surface area contributed by atoms with E-state index in [1.54, 1.807) is 11.3 Å². The number of anilines is 1. The molecule has 0 atom stereocenters. The van der Waals surface area contributed by atoms with Crippen LogP contribution in [-0.4, -0.2) is 26.4 Å². The highest BCUT2D eigenvalue weighted by molar-refractivity contribution is 7.99. The van der Waals surface area contributed by atoms with E-state index in [-0.39, 0.29) is 11.7 Å². The number of para-hydroxylation sites is 1. The van der Waals surface area contributed by atoms with Crippen LogP contribution in [0.5, 0.6) is 0 Å². The maximum atomic E-state index is 12.7. The molecule has 0 bridgehead atoms. The van der Waals surface area contributed by atoms with Crippen molar-refractivity contribution in [1.29, 1.82) is 0 Å². The molecule has 0 unspecified atom stereocenters. The number of nitrogens with zero attached hydrogens (tertiary/aromatic N) is 3. The summed E-state index contributed by atoms with van der Waals surface area (Å²) < 4.78 is 2.05. The van der Waals surface area contributed by atoms with Gasteiger partial charge in [-0.1, -0.05) is 67.6 Å². The summed E-state index contributed by atoms with van der Waals surface area (Å²) >= 11 is 3.11. The molecule has 0 aliphatic carbocycles. The van der Waals surface area contributed by atoms with Gasteiger partial charge < -0.3 is 5.32 Å². The Morgan fingerprint density at radius 1 is 1.06 bits per heavy atom. The Hall–Kier alpha value is -2.90. The summed E-state index contributed by atoms with van der Waals surface area (Å²) in [7, 11) is 0. The van der Waals surface area contributed by atoms with Crippen LogP contribution in [-0.2, 0) is 11.2 Å². The lowest BCUT2D eigenvalue weighted by atomic mass is 10.0. The molecule has 4 aromatic rings. The van der Waals surface area contributed by atoms with Crippen molar-refractivity contribution in [1.82, 2.24) is 14.8 Å². The van der Waals surface area contributed by atoms with Crippen molar-refractivity contribution < 1.29 is 4.79 Å². The number of aryl methyl sites for hydroxylation is 1. The maximum Gasteiger partial charge on any atom is 0.234 e. The third-order valence-electron chi connectivity index (χ3n) is 5.09. The fourth-order valence-corrected chi connectivity index (χ4v) is 4.93. The lowest BCUT2D eigenvalue weighted by Gasteiger charge is -2.14. The third kappa shape index (κ3) is 5.29. The SMILES string of the molecule is Cc1ccc(-n2c(Cc3cccs3)nnc2SCC(=O)Nc2ccccc2C(C)C)cc1. The van der Waals surface area contributed by atoms with Gasteiger partial charge in [0, 0.05) is 22.7 Å². The highest BCUT2D eigenvalue weighted by atomic mass is 32.2. The van der Waals surface area contributed by atoms with Gasteiger partial charge in [-0.15, -0.1) is 21.5 Å².